The Morgan fingerprint density at radius 2 is 2.25 bits per heavy atom. The monoisotopic (exact) mass is 369 g/mol. The molecule has 24 heavy (non-hydrogen) atoms. The summed E-state index contributed by atoms with van der Waals surface area (Å²) in [6, 6.07) is 0. The third kappa shape index (κ3) is 6.26. The molecule has 1 aliphatic rings. The number of carbonyl (C=O) groups is 2. The van der Waals surface area contributed by atoms with Crippen LogP contribution in [0.3, 0.4) is 0 Å². The number of thioether (sulfide) groups is 1. The molecular weight excluding hydrogens is 346 g/mol. The summed E-state index contributed by atoms with van der Waals surface area (Å²) >= 11 is 2.71. The van der Waals surface area contributed by atoms with Gasteiger partial charge in [-0.2, -0.15) is 0 Å². The number of rotatable bonds is 3. The van der Waals surface area contributed by atoms with Gasteiger partial charge in [0.05, 0.1) is 5.69 Å². The second-order valence-corrected chi connectivity index (χ2v) is 8.72. The van der Waals surface area contributed by atoms with Gasteiger partial charge in [0.1, 0.15) is 5.60 Å². The van der Waals surface area contributed by atoms with Crippen molar-refractivity contribution in [3.05, 3.63) is 16.6 Å². The lowest BCUT2D eigenvalue weighted by atomic mass is 10.1. The normalized spacial score (nSPS) is 20.0. The predicted octanol–water partition coefficient (Wildman–Crippen LogP) is 3.52. The standard InChI is InChI=1S/C16H23N3O3S2/c1-10(20)24-13-5-6-17-8-11(13)7-12-9-23-14(18-12)19-15(21)22-16(2,3)4/h7,9,13,17H,5-6,8H2,1-4H3,(H,18,19,21)/b11-7+. The Kier molecular flexibility index (Phi) is 6.42. The van der Waals surface area contributed by atoms with Crippen LogP contribution in [0, 0.1) is 0 Å². The Morgan fingerprint density at radius 1 is 1.50 bits per heavy atom. The smallest absolute Gasteiger partial charge is 0.413 e. The molecule has 1 saturated heterocycles. The van der Waals surface area contributed by atoms with Gasteiger partial charge in [0, 0.05) is 24.1 Å². The Labute approximate surface area is 150 Å². The van der Waals surface area contributed by atoms with E-state index in [0.717, 1.165) is 30.8 Å². The largest absolute Gasteiger partial charge is 0.444 e. The number of piperidine rings is 1. The zero-order chi connectivity index (χ0) is 17.7. The van der Waals surface area contributed by atoms with Gasteiger partial charge in [-0.25, -0.2) is 9.78 Å². The Bertz CT molecular complexity index is 635. The van der Waals surface area contributed by atoms with Crippen LogP contribution in [0.25, 0.3) is 6.08 Å². The van der Waals surface area contributed by atoms with E-state index in [1.54, 1.807) is 6.92 Å². The van der Waals surface area contributed by atoms with E-state index in [1.165, 1.54) is 23.1 Å². The minimum absolute atomic E-state index is 0.123. The molecule has 6 nitrogen and oxygen atoms in total. The van der Waals surface area contributed by atoms with Crippen molar-refractivity contribution in [3.8, 4) is 0 Å². The number of ether oxygens (including phenoxy) is 1. The van der Waals surface area contributed by atoms with E-state index in [4.69, 9.17) is 4.74 Å². The Hall–Kier alpha value is -1.38. The van der Waals surface area contributed by atoms with Crippen molar-refractivity contribution in [3.63, 3.8) is 0 Å². The molecule has 1 amide bonds. The first kappa shape index (κ1) is 19.0. The second-order valence-electron chi connectivity index (χ2n) is 6.49. The average Bonchev–Trinajstić information content (AvgIpc) is 2.85. The average molecular weight is 370 g/mol. The highest BCUT2D eigenvalue weighted by atomic mass is 32.2. The van der Waals surface area contributed by atoms with E-state index in [9.17, 15) is 9.59 Å². The second kappa shape index (κ2) is 8.13. The van der Waals surface area contributed by atoms with E-state index in [0.29, 0.717) is 5.13 Å². The highest BCUT2D eigenvalue weighted by Crippen LogP contribution is 2.28. The number of anilines is 1. The zero-order valence-electron chi connectivity index (χ0n) is 14.3. The van der Waals surface area contributed by atoms with Crippen LogP contribution in [-0.4, -0.2) is 40.1 Å². The highest BCUT2D eigenvalue weighted by molar-refractivity contribution is 8.14. The van der Waals surface area contributed by atoms with Gasteiger partial charge in [-0.15, -0.1) is 11.3 Å². The summed E-state index contributed by atoms with van der Waals surface area (Å²) in [6.45, 7) is 8.69. The van der Waals surface area contributed by atoms with Crippen LogP contribution < -0.4 is 10.6 Å². The van der Waals surface area contributed by atoms with Crippen LogP contribution >= 0.6 is 23.1 Å². The first-order valence-electron chi connectivity index (χ1n) is 7.77. The van der Waals surface area contributed by atoms with Crippen molar-refractivity contribution >= 4 is 45.5 Å². The lowest BCUT2D eigenvalue weighted by Gasteiger charge is -2.24. The first-order valence-corrected chi connectivity index (χ1v) is 9.53. The van der Waals surface area contributed by atoms with Crippen LogP contribution in [0.2, 0.25) is 0 Å². The molecular formula is C16H23N3O3S2. The molecule has 1 unspecified atom stereocenters. The molecule has 1 aromatic heterocycles. The van der Waals surface area contributed by atoms with Crippen LogP contribution in [-0.2, 0) is 9.53 Å². The van der Waals surface area contributed by atoms with Gasteiger partial charge in [0.25, 0.3) is 0 Å². The minimum Gasteiger partial charge on any atom is -0.444 e. The fourth-order valence-electron chi connectivity index (χ4n) is 2.23. The number of nitrogens with one attached hydrogen (secondary N) is 2. The Balaban J connectivity index is 2.03. The number of carbonyl (C=O) groups excluding carboxylic acids is 2. The number of hydrogen-bond acceptors (Lipinski definition) is 7. The first-order chi connectivity index (χ1) is 11.2. The predicted molar refractivity (Wildman–Crippen MR) is 99.5 cm³/mol. The minimum atomic E-state index is -0.545. The van der Waals surface area contributed by atoms with Crippen molar-refractivity contribution in [1.29, 1.82) is 0 Å². The summed E-state index contributed by atoms with van der Waals surface area (Å²) in [7, 11) is 0. The molecule has 0 radical (unpaired) electrons. The quantitative estimate of drug-likeness (QED) is 0.849. The van der Waals surface area contributed by atoms with Crippen LogP contribution in [0.5, 0.6) is 0 Å². The maximum absolute atomic E-state index is 11.8. The maximum Gasteiger partial charge on any atom is 0.413 e. The van der Waals surface area contributed by atoms with Gasteiger partial charge in [-0.3, -0.25) is 10.1 Å². The summed E-state index contributed by atoms with van der Waals surface area (Å²) in [6.07, 6.45) is 2.40. The van der Waals surface area contributed by atoms with Crippen molar-refractivity contribution in [1.82, 2.24) is 10.3 Å². The van der Waals surface area contributed by atoms with Gasteiger partial charge in [0.2, 0.25) is 0 Å². The van der Waals surface area contributed by atoms with E-state index in [1.807, 2.05) is 32.2 Å². The molecule has 8 heteroatoms. The number of nitrogens with zero attached hydrogens (tertiary/aromatic N) is 1. The fraction of sp³-hybridized carbons (Fsp3) is 0.562. The SMILES string of the molecule is CC(=O)SC1CCNC/C1=C\c1csc(NC(=O)OC(C)(C)C)n1. The van der Waals surface area contributed by atoms with Crippen molar-refractivity contribution in [2.75, 3.05) is 18.4 Å². The highest BCUT2D eigenvalue weighted by Gasteiger charge is 2.21. The van der Waals surface area contributed by atoms with Crippen LogP contribution in [0.1, 0.15) is 39.8 Å². The van der Waals surface area contributed by atoms with Crippen molar-refractivity contribution < 1.29 is 14.3 Å². The summed E-state index contributed by atoms with van der Waals surface area (Å²) in [4.78, 5) is 27.6. The molecule has 0 spiro atoms. The molecule has 1 aliphatic heterocycles. The van der Waals surface area contributed by atoms with E-state index < -0.39 is 11.7 Å². The van der Waals surface area contributed by atoms with E-state index in [2.05, 4.69) is 15.6 Å². The fourth-order valence-corrected chi connectivity index (χ4v) is 3.83. The van der Waals surface area contributed by atoms with Gasteiger partial charge < -0.3 is 10.1 Å². The molecule has 0 saturated carbocycles. The summed E-state index contributed by atoms with van der Waals surface area (Å²) in [5.74, 6) is 0. The third-order valence-electron chi connectivity index (χ3n) is 3.10. The van der Waals surface area contributed by atoms with E-state index >= 15 is 0 Å². The summed E-state index contributed by atoms with van der Waals surface area (Å²) < 4.78 is 5.21. The van der Waals surface area contributed by atoms with E-state index in [-0.39, 0.29) is 10.4 Å². The van der Waals surface area contributed by atoms with Crippen molar-refractivity contribution in [2.24, 2.45) is 0 Å². The van der Waals surface area contributed by atoms with Gasteiger partial charge in [-0.05, 0) is 45.4 Å². The zero-order valence-corrected chi connectivity index (χ0v) is 16.0. The molecule has 0 aromatic carbocycles. The molecule has 2 N–H and O–H groups in total. The van der Waals surface area contributed by atoms with Gasteiger partial charge in [-0.1, -0.05) is 11.8 Å². The molecule has 1 fully saturated rings. The maximum atomic E-state index is 11.8. The molecule has 1 aromatic rings. The topological polar surface area (TPSA) is 80.3 Å². The molecule has 2 rings (SSSR count). The third-order valence-corrected chi connectivity index (χ3v) is 5.03. The Morgan fingerprint density at radius 3 is 2.92 bits per heavy atom. The summed E-state index contributed by atoms with van der Waals surface area (Å²) in [5.41, 5.74) is 1.38. The molecule has 1 atom stereocenters. The van der Waals surface area contributed by atoms with Gasteiger partial charge in [0.15, 0.2) is 10.2 Å². The summed E-state index contributed by atoms with van der Waals surface area (Å²) in [5, 5.41) is 8.64. The van der Waals surface area contributed by atoms with Gasteiger partial charge >= 0.3 is 6.09 Å². The molecule has 132 valence electrons. The lowest BCUT2D eigenvalue weighted by Crippen LogP contribution is -2.32. The molecule has 2 heterocycles. The molecule has 0 bridgehead atoms. The van der Waals surface area contributed by atoms with Crippen molar-refractivity contribution in [2.45, 2.75) is 45.0 Å². The number of aromatic nitrogens is 1. The van der Waals surface area contributed by atoms with Crippen LogP contribution in [0.4, 0.5) is 9.93 Å². The lowest BCUT2D eigenvalue weighted by molar-refractivity contribution is -0.109. The number of thiazole rings is 1. The number of hydrogen-bond donors (Lipinski definition) is 2. The molecule has 0 aliphatic carbocycles. The van der Waals surface area contributed by atoms with Crippen LogP contribution in [0.15, 0.2) is 11.0 Å². The number of amides is 1.